The Morgan fingerprint density at radius 1 is 0.246 bits per heavy atom. The van der Waals surface area contributed by atoms with Crippen molar-refractivity contribution in [1.82, 2.24) is 44.3 Å². The Bertz CT molecular complexity index is 5320. The van der Waals surface area contributed by atoms with Crippen molar-refractivity contribution < 1.29 is 13.3 Å². The second kappa shape index (κ2) is 35.2. The summed E-state index contributed by atoms with van der Waals surface area (Å²) in [6, 6.07) is 74.2. The monoisotopic (exact) mass is 1510 g/mol. The van der Waals surface area contributed by atoms with Crippen LogP contribution in [0.25, 0.3) is 168 Å². The summed E-state index contributed by atoms with van der Waals surface area (Å²) >= 11 is 0. The second-order valence-corrected chi connectivity index (χ2v) is 32.3. The van der Waals surface area contributed by atoms with Crippen molar-refractivity contribution in [1.29, 1.82) is 0 Å². The van der Waals surface area contributed by atoms with Gasteiger partial charge in [0, 0.05) is 102 Å². The van der Waals surface area contributed by atoms with Gasteiger partial charge in [-0.2, -0.15) is 0 Å². The molecular formula is C102H111N9O3. The van der Waals surface area contributed by atoms with Crippen LogP contribution in [-0.4, -0.2) is 44.3 Å². The van der Waals surface area contributed by atoms with Crippen molar-refractivity contribution >= 4 is 65.4 Å². The Morgan fingerprint density at radius 3 is 0.675 bits per heavy atom. The first-order valence-electron chi connectivity index (χ1n) is 43.2. The number of hydrogen-bond donors (Lipinski definition) is 0. The van der Waals surface area contributed by atoms with Crippen LogP contribution in [0.1, 0.15) is 195 Å². The van der Waals surface area contributed by atoms with Gasteiger partial charge < -0.3 is 27.0 Å². The number of nitrogens with zero attached hydrogens (tertiary/aromatic N) is 9. The lowest BCUT2D eigenvalue weighted by Crippen LogP contribution is -2.12. The number of rotatable bonds is 36. The fourth-order valence-electron chi connectivity index (χ4n) is 17.6. The van der Waals surface area contributed by atoms with Crippen LogP contribution in [0.4, 0.5) is 0 Å². The molecule has 0 aliphatic heterocycles. The van der Waals surface area contributed by atoms with Gasteiger partial charge in [0.15, 0.2) is 0 Å². The molecule has 0 radical (unpaired) electrons. The number of hydrogen-bond acceptors (Lipinski definition) is 9. The van der Waals surface area contributed by atoms with E-state index in [2.05, 4.69) is 307 Å². The molecule has 0 spiro atoms. The molecule has 0 saturated heterocycles. The van der Waals surface area contributed by atoms with E-state index in [0.29, 0.717) is 53.1 Å². The number of fused-ring (bicyclic) bond motifs is 12. The fraction of sp³-hybridized carbons (Fsp3) is 0.353. The molecule has 3 unspecified atom stereocenters. The van der Waals surface area contributed by atoms with Crippen LogP contribution in [0.2, 0.25) is 0 Å². The molecular weight excluding hydrogens is 1400 g/mol. The molecule has 0 aliphatic carbocycles. The van der Waals surface area contributed by atoms with Gasteiger partial charge in [-0.15, -0.1) is 30.6 Å². The number of aryl methyl sites for hydroxylation is 3. The summed E-state index contributed by atoms with van der Waals surface area (Å²) < 4.78 is 27.8. The summed E-state index contributed by atoms with van der Waals surface area (Å²) in [5.74, 6) is 4.46. The maximum atomic E-state index is 6.45. The third-order valence-corrected chi connectivity index (χ3v) is 24.6. The molecule has 0 aliphatic rings. The van der Waals surface area contributed by atoms with Gasteiger partial charge in [0.1, 0.15) is 0 Å². The molecule has 16 aromatic rings. The van der Waals surface area contributed by atoms with E-state index in [4.69, 9.17) is 13.3 Å². The highest BCUT2D eigenvalue weighted by atomic mass is 16.4. The average molecular weight is 1510 g/mol. The first-order chi connectivity index (χ1) is 56.1. The Kier molecular flexibility index (Phi) is 23.8. The van der Waals surface area contributed by atoms with Gasteiger partial charge in [-0.05, 0) is 235 Å². The minimum Gasteiger partial charge on any atom is -0.416 e. The molecule has 582 valence electrons. The van der Waals surface area contributed by atoms with Gasteiger partial charge in [-0.3, -0.25) is 0 Å². The quantitative estimate of drug-likeness (QED) is 0.0376. The van der Waals surface area contributed by atoms with Crippen molar-refractivity contribution in [3.8, 4) is 102 Å². The molecule has 6 aromatic heterocycles. The molecule has 0 fully saturated rings. The second-order valence-electron chi connectivity index (χ2n) is 32.3. The van der Waals surface area contributed by atoms with E-state index in [-0.39, 0.29) is 0 Å². The number of aromatic nitrogens is 9. The normalized spacial score (nSPS) is 12.8. The highest BCUT2D eigenvalue weighted by Crippen LogP contribution is 2.51. The molecule has 0 N–H and O–H groups in total. The van der Waals surface area contributed by atoms with Gasteiger partial charge in [-0.25, -0.2) is 0 Å². The Morgan fingerprint density at radius 2 is 0.456 bits per heavy atom. The van der Waals surface area contributed by atoms with Crippen LogP contribution in [0, 0.1) is 17.8 Å². The number of benzene rings is 10. The fourth-order valence-corrected chi connectivity index (χ4v) is 17.6. The standard InChI is InChI=1S/C102H111N9O3/c1-10-19-25-67(16-7)64-109-88-58-55-82(73-43-49-79(50-44-73)100-106-103-97(112-100)76-37-31-70(32-38-76)28-22-13-4)61-85(88)91-94(109)92-86-62-83(74-45-51-80(52-46-74)101-107-104-98(113-101)77-39-33-71(34-40-77)29-23-14-5)56-59-89(86)110(65-68(17-8)26-20-11-2)96(92)93-87-63-84(57-60-90(87)111(95(91)93)66-69(18-9)27-21-12-3)75-47-53-81(54-48-75)102-108-105-99(114-102)78-41-35-72(36-42-78)30-24-15-6/h31-63,67-69H,10-30,64-66H2,1-9H3. The van der Waals surface area contributed by atoms with Crippen LogP contribution >= 0.6 is 0 Å². The highest BCUT2D eigenvalue weighted by Gasteiger charge is 2.31. The topological polar surface area (TPSA) is 132 Å². The Balaban J connectivity index is 0.919. The molecule has 12 heteroatoms. The summed E-state index contributed by atoms with van der Waals surface area (Å²) in [6.07, 6.45) is 24.0. The van der Waals surface area contributed by atoms with Crippen molar-refractivity contribution in [2.75, 3.05) is 0 Å². The molecule has 3 atom stereocenters. The van der Waals surface area contributed by atoms with Crippen molar-refractivity contribution in [2.24, 2.45) is 17.8 Å². The van der Waals surface area contributed by atoms with Gasteiger partial charge in [0.25, 0.3) is 0 Å². The molecule has 10 aromatic carbocycles. The predicted octanol–water partition coefficient (Wildman–Crippen LogP) is 28.8. The lowest BCUT2D eigenvalue weighted by Gasteiger charge is -2.20. The average Bonchev–Trinajstić information content (AvgIpc) is 1.51. The molecule has 0 saturated carbocycles. The highest BCUT2D eigenvalue weighted by molar-refractivity contribution is 6.40. The van der Waals surface area contributed by atoms with E-state index >= 15 is 0 Å². The number of unbranched alkanes of at least 4 members (excludes halogenated alkanes) is 6. The van der Waals surface area contributed by atoms with Crippen LogP contribution in [-0.2, 0) is 38.9 Å². The van der Waals surface area contributed by atoms with Crippen LogP contribution in [0.15, 0.2) is 213 Å². The third-order valence-electron chi connectivity index (χ3n) is 24.6. The van der Waals surface area contributed by atoms with Gasteiger partial charge in [-0.1, -0.05) is 230 Å². The molecule has 12 nitrogen and oxygen atoms in total. The van der Waals surface area contributed by atoms with Crippen molar-refractivity contribution in [3.63, 3.8) is 0 Å². The summed E-state index contributed by atoms with van der Waals surface area (Å²) in [4.78, 5) is 0. The Labute approximate surface area is 672 Å². The van der Waals surface area contributed by atoms with Crippen molar-refractivity contribution in [3.05, 3.63) is 217 Å². The zero-order chi connectivity index (χ0) is 78.2. The van der Waals surface area contributed by atoms with E-state index in [0.717, 1.165) is 163 Å². The lowest BCUT2D eigenvalue weighted by molar-refractivity contribution is 0.400. The smallest absolute Gasteiger partial charge is 0.248 e. The van der Waals surface area contributed by atoms with Crippen LogP contribution in [0.5, 0.6) is 0 Å². The van der Waals surface area contributed by atoms with Gasteiger partial charge in [0.05, 0.1) is 16.6 Å². The van der Waals surface area contributed by atoms with E-state index in [1.807, 2.05) is 0 Å². The predicted molar refractivity (Wildman–Crippen MR) is 474 cm³/mol. The SMILES string of the molecule is CCCCc1ccc(-c2nnc(-c3ccc(-c4ccc5c(c4)c4c(c6c7cc(-c8ccc(-c9nnc(-c%10ccc(CCCC)cc%10)o9)cc8)ccc7n(CC(CC)CCCC)c6c6c7cc(-c8ccc(-c9nnc(-c%10ccc(CCCC)cc%10)o9)cc8)ccc7n(CC(CC)CCCC)c46)n5CC(CC)CCCC)cc3)o2)cc1. The minimum atomic E-state index is 0.455. The van der Waals surface area contributed by atoms with Gasteiger partial charge >= 0.3 is 0 Å². The van der Waals surface area contributed by atoms with Crippen LogP contribution in [0.3, 0.4) is 0 Å². The maximum Gasteiger partial charge on any atom is 0.248 e. The van der Waals surface area contributed by atoms with Crippen molar-refractivity contribution in [2.45, 2.75) is 217 Å². The first kappa shape index (κ1) is 77.0. The van der Waals surface area contributed by atoms with Gasteiger partial charge in [0.2, 0.25) is 35.3 Å². The first-order valence-corrected chi connectivity index (χ1v) is 43.2. The van der Waals surface area contributed by atoms with E-state index < -0.39 is 0 Å². The zero-order valence-corrected chi connectivity index (χ0v) is 68.5. The van der Waals surface area contributed by atoms with E-state index in [1.165, 1.54) is 140 Å². The summed E-state index contributed by atoms with van der Waals surface area (Å²) in [7, 11) is 0. The molecule has 0 amide bonds. The van der Waals surface area contributed by atoms with E-state index in [9.17, 15) is 0 Å². The summed E-state index contributed by atoms with van der Waals surface area (Å²) in [6.45, 7) is 23.7. The summed E-state index contributed by atoms with van der Waals surface area (Å²) in [5.41, 5.74) is 24.1. The molecule has 6 heterocycles. The third kappa shape index (κ3) is 15.8. The molecule has 114 heavy (non-hydrogen) atoms. The summed E-state index contributed by atoms with van der Waals surface area (Å²) in [5, 5.41) is 35.3. The largest absolute Gasteiger partial charge is 0.416 e. The van der Waals surface area contributed by atoms with E-state index in [1.54, 1.807) is 0 Å². The van der Waals surface area contributed by atoms with Crippen LogP contribution < -0.4 is 0 Å². The maximum absolute atomic E-state index is 6.45. The molecule has 16 rings (SSSR count). The minimum absolute atomic E-state index is 0.455. The molecule has 0 bridgehead atoms. The zero-order valence-electron chi connectivity index (χ0n) is 68.5. The lowest BCUT2D eigenvalue weighted by atomic mass is 9.96. The Hall–Kier alpha value is -11.0.